The number of Topliss-reactive ketones (excluding diaryl/α,β-unsaturated/α-hetero) is 2. The van der Waals surface area contributed by atoms with Gasteiger partial charge in [-0.3, -0.25) is 9.59 Å². The van der Waals surface area contributed by atoms with E-state index in [1.54, 1.807) is 0 Å². The van der Waals surface area contributed by atoms with Crippen LogP contribution in [0.25, 0.3) is 0 Å². The summed E-state index contributed by atoms with van der Waals surface area (Å²) in [6.07, 6.45) is 2.76. The fourth-order valence-corrected chi connectivity index (χ4v) is 1.31. The predicted molar refractivity (Wildman–Crippen MR) is 38.1 cm³/mol. The zero-order chi connectivity index (χ0) is 7.56. The van der Waals surface area contributed by atoms with Crippen LogP contribution in [-0.4, -0.2) is 16.9 Å². The average Bonchev–Trinajstić information content (AvgIpc) is 2.04. The van der Waals surface area contributed by atoms with E-state index in [0.717, 1.165) is 12.8 Å². The lowest BCUT2D eigenvalue weighted by molar-refractivity contribution is -0.136. The number of rotatable bonds is 0. The van der Waals surface area contributed by atoms with Crippen LogP contribution in [0.2, 0.25) is 0 Å². The molecule has 0 bridgehead atoms. The molecule has 1 unspecified atom stereocenters. The molecule has 10 heavy (non-hydrogen) atoms. The number of halogens is 1. The molecule has 0 aromatic rings. The van der Waals surface area contributed by atoms with E-state index in [1.807, 2.05) is 0 Å². The van der Waals surface area contributed by atoms with Gasteiger partial charge in [0.25, 0.3) is 0 Å². The first-order chi connectivity index (χ1) is 4.72. The molecule has 0 spiro atoms. The van der Waals surface area contributed by atoms with Crippen LogP contribution in [0.1, 0.15) is 25.7 Å². The number of carbonyl (C=O) groups excluding carboxylic acids is 2. The third-order valence-corrected chi connectivity index (χ3v) is 2.09. The average molecular weight is 161 g/mol. The van der Waals surface area contributed by atoms with Gasteiger partial charge in [0.05, 0.1) is 5.38 Å². The van der Waals surface area contributed by atoms with Gasteiger partial charge in [0.1, 0.15) is 0 Å². The zero-order valence-corrected chi connectivity index (χ0v) is 6.36. The SMILES string of the molecule is O=C1CCCCC(Cl)C1=O. The summed E-state index contributed by atoms with van der Waals surface area (Å²) in [7, 11) is 0. The molecule has 1 fully saturated rings. The Balaban J connectivity index is 2.64. The Labute approximate surface area is 64.5 Å². The van der Waals surface area contributed by atoms with E-state index >= 15 is 0 Å². The van der Waals surface area contributed by atoms with Gasteiger partial charge in [-0.25, -0.2) is 0 Å². The first-order valence-electron chi connectivity index (χ1n) is 3.43. The molecule has 0 aliphatic heterocycles. The Morgan fingerprint density at radius 2 is 2.00 bits per heavy atom. The number of ketones is 2. The maximum Gasteiger partial charge on any atom is 0.216 e. The number of hydrogen-bond acceptors (Lipinski definition) is 2. The lowest BCUT2D eigenvalue weighted by Gasteiger charge is -1.98. The molecule has 0 heterocycles. The fraction of sp³-hybridized carbons (Fsp3) is 0.714. The summed E-state index contributed by atoms with van der Waals surface area (Å²) < 4.78 is 0. The van der Waals surface area contributed by atoms with Crippen LogP contribution in [0.5, 0.6) is 0 Å². The minimum atomic E-state index is -0.546. The molecular weight excluding hydrogens is 152 g/mol. The number of carbonyl (C=O) groups is 2. The van der Waals surface area contributed by atoms with Crippen LogP contribution in [0, 0.1) is 0 Å². The van der Waals surface area contributed by atoms with Gasteiger partial charge in [-0.1, -0.05) is 6.42 Å². The normalized spacial score (nSPS) is 28.3. The summed E-state index contributed by atoms with van der Waals surface area (Å²) in [6, 6.07) is 0. The molecule has 3 heteroatoms. The second-order valence-corrected chi connectivity index (χ2v) is 3.03. The van der Waals surface area contributed by atoms with E-state index in [2.05, 4.69) is 0 Å². The highest BCUT2D eigenvalue weighted by Gasteiger charge is 2.24. The van der Waals surface area contributed by atoms with Gasteiger partial charge in [-0.15, -0.1) is 11.6 Å². The highest BCUT2D eigenvalue weighted by molar-refractivity contribution is 6.49. The highest BCUT2D eigenvalue weighted by Crippen LogP contribution is 2.16. The molecule has 1 atom stereocenters. The molecule has 0 saturated heterocycles. The second-order valence-electron chi connectivity index (χ2n) is 2.50. The maximum absolute atomic E-state index is 10.9. The Morgan fingerprint density at radius 3 is 2.70 bits per heavy atom. The van der Waals surface area contributed by atoms with Gasteiger partial charge in [-0.05, 0) is 12.8 Å². The van der Waals surface area contributed by atoms with Crippen LogP contribution >= 0.6 is 11.6 Å². The molecule has 1 aliphatic carbocycles. The van der Waals surface area contributed by atoms with E-state index in [1.165, 1.54) is 0 Å². The third-order valence-electron chi connectivity index (χ3n) is 1.67. The number of alkyl halides is 1. The van der Waals surface area contributed by atoms with Crippen LogP contribution in [0.4, 0.5) is 0 Å². The van der Waals surface area contributed by atoms with E-state index in [9.17, 15) is 9.59 Å². The van der Waals surface area contributed by atoms with Crippen molar-refractivity contribution in [2.24, 2.45) is 0 Å². The van der Waals surface area contributed by atoms with E-state index in [0.29, 0.717) is 12.8 Å². The fourth-order valence-electron chi connectivity index (χ4n) is 1.04. The third kappa shape index (κ3) is 1.57. The monoisotopic (exact) mass is 160 g/mol. The second kappa shape index (κ2) is 3.15. The van der Waals surface area contributed by atoms with Crippen molar-refractivity contribution in [3.63, 3.8) is 0 Å². The summed E-state index contributed by atoms with van der Waals surface area (Å²) in [4.78, 5) is 21.7. The predicted octanol–water partition coefficient (Wildman–Crippen LogP) is 1.31. The smallest absolute Gasteiger partial charge is 0.216 e. The molecule has 56 valence electrons. The molecule has 0 radical (unpaired) electrons. The van der Waals surface area contributed by atoms with Crippen molar-refractivity contribution in [2.75, 3.05) is 0 Å². The van der Waals surface area contributed by atoms with Gasteiger partial charge in [0.15, 0.2) is 5.78 Å². The first-order valence-corrected chi connectivity index (χ1v) is 3.86. The summed E-state index contributed by atoms with van der Waals surface area (Å²) in [5, 5.41) is -0.546. The van der Waals surface area contributed by atoms with Crippen LogP contribution in [0.3, 0.4) is 0 Å². The summed E-state index contributed by atoms with van der Waals surface area (Å²) in [5.41, 5.74) is 0. The summed E-state index contributed by atoms with van der Waals surface area (Å²) >= 11 is 5.60. The van der Waals surface area contributed by atoms with Gasteiger partial charge in [-0.2, -0.15) is 0 Å². The largest absolute Gasteiger partial charge is 0.291 e. The maximum atomic E-state index is 10.9. The van der Waals surface area contributed by atoms with Crippen LogP contribution in [-0.2, 0) is 9.59 Å². The highest BCUT2D eigenvalue weighted by atomic mass is 35.5. The minimum Gasteiger partial charge on any atom is -0.291 e. The van der Waals surface area contributed by atoms with E-state index in [4.69, 9.17) is 11.6 Å². The van der Waals surface area contributed by atoms with E-state index in [-0.39, 0.29) is 11.6 Å². The Bertz CT molecular complexity index is 165. The molecule has 0 aromatic carbocycles. The molecule has 0 aromatic heterocycles. The minimum absolute atomic E-state index is 0.294. The Hall–Kier alpha value is -0.370. The quantitative estimate of drug-likeness (QED) is 0.304. The van der Waals surface area contributed by atoms with E-state index < -0.39 is 5.38 Å². The van der Waals surface area contributed by atoms with Crippen LogP contribution < -0.4 is 0 Å². The molecule has 1 rings (SSSR count). The van der Waals surface area contributed by atoms with Crippen molar-refractivity contribution in [1.82, 2.24) is 0 Å². The van der Waals surface area contributed by atoms with Crippen molar-refractivity contribution >= 4 is 23.2 Å². The van der Waals surface area contributed by atoms with Gasteiger partial charge < -0.3 is 0 Å². The lowest BCUT2D eigenvalue weighted by atomic mass is 10.2. The Kier molecular flexibility index (Phi) is 2.44. The molecular formula is C7H9ClO2. The van der Waals surface area contributed by atoms with Crippen molar-refractivity contribution < 1.29 is 9.59 Å². The first kappa shape index (κ1) is 7.73. The molecule has 0 amide bonds. The topological polar surface area (TPSA) is 34.1 Å². The Morgan fingerprint density at radius 1 is 1.30 bits per heavy atom. The van der Waals surface area contributed by atoms with Crippen molar-refractivity contribution in [2.45, 2.75) is 31.1 Å². The lowest BCUT2D eigenvalue weighted by Crippen LogP contribution is -2.21. The molecule has 1 aliphatic rings. The van der Waals surface area contributed by atoms with Crippen molar-refractivity contribution in [3.8, 4) is 0 Å². The standard InChI is InChI=1S/C7H9ClO2/c8-5-3-1-2-4-6(9)7(5)10/h5H,1-4H2. The van der Waals surface area contributed by atoms with Crippen molar-refractivity contribution in [3.05, 3.63) is 0 Å². The number of hydrogen-bond donors (Lipinski definition) is 0. The van der Waals surface area contributed by atoms with Crippen molar-refractivity contribution in [1.29, 1.82) is 0 Å². The van der Waals surface area contributed by atoms with Gasteiger partial charge in [0.2, 0.25) is 5.78 Å². The summed E-state index contributed by atoms with van der Waals surface area (Å²) in [6.45, 7) is 0. The molecule has 1 saturated carbocycles. The molecule has 0 N–H and O–H groups in total. The van der Waals surface area contributed by atoms with Gasteiger partial charge in [0, 0.05) is 6.42 Å². The summed E-state index contributed by atoms with van der Waals surface area (Å²) in [5.74, 6) is -0.684. The van der Waals surface area contributed by atoms with Gasteiger partial charge >= 0.3 is 0 Å². The van der Waals surface area contributed by atoms with Crippen LogP contribution in [0.15, 0.2) is 0 Å². The zero-order valence-electron chi connectivity index (χ0n) is 5.60. The molecule has 2 nitrogen and oxygen atoms in total.